The average Bonchev–Trinajstić information content (AvgIpc) is 3.10. The van der Waals surface area contributed by atoms with Crippen LogP contribution in [-0.2, 0) is 0 Å². The van der Waals surface area contributed by atoms with Crippen molar-refractivity contribution in [2.24, 2.45) is 11.8 Å². The smallest absolute Gasteiger partial charge is 0.131 e. The number of thioether (sulfide) groups is 2. The van der Waals surface area contributed by atoms with Gasteiger partial charge in [0, 0.05) is 11.5 Å². The van der Waals surface area contributed by atoms with Crippen molar-refractivity contribution in [2.75, 3.05) is 11.5 Å². The van der Waals surface area contributed by atoms with E-state index in [9.17, 15) is 0 Å². The second kappa shape index (κ2) is 9.73. The van der Waals surface area contributed by atoms with Gasteiger partial charge in [-0.3, -0.25) is 0 Å². The molecule has 0 amide bonds. The molecular weight excluding hydrogens is 393 g/mol. The van der Waals surface area contributed by atoms with Gasteiger partial charge in [-0.05, 0) is 33.4 Å². The van der Waals surface area contributed by atoms with Gasteiger partial charge in [0.05, 0.1) is 0 Å². The lowest BCUT2D eigenvalue weighted by Gasteiger charge is -1.99. The van der Waals surface area contributed by atoms with Gasteiger partial charge in [0.25, 0.3) is 0 Å². The zero-order valence-corrected chi connectivity index (χ0v) is 17.7. The Kier molecular flexibility index (Phi) is 8.34. The Labute approximate surface area is 155 Å². The van der Waals surface area contributed by atoms with Crippen molar-refractivity contribution in [1.82, 2.24) is 20.4 Å². The molecule has 0 N–H and O–H groups in total. The summed E-state index contributed by atoms with van der Waals surface area (Å²) in [5.74, 6) is 3.50. The first kappa shape index (κ1) is 18.9. The van der Waals surface area contributed by atoms with Crippen LogP contribution in [0.3, 0.4) is 0 Å². The van der Waals surface area contributed by atoms with E-state index in [-0.39, 0.29) is 0 Å². The summed E-state index contributed by atoms with van der Waals surface area (Å²) in [6.07, 6.45) is 0. The summed E-state index contributed by atoms with van der Waals surface area (Å²) in [4.78, 5) is 0. The number of rotatable bonds is 9. The Hall–Kier alpha value is 0.520. The molecule has 0 spiro atoms. The minimum atomic E-state index is 0.669. The molecule has 0 aliphatic carbocycles. The Morgan fingerprint density at radius 2 is 1.05 bits per heavy atom. The maximum atomic E-state index is 4.22. The predicted molar refractivity (Wildman–Crippen MR) is 103 cm³/mol. The van der Waals surface area contributed by atoms with Gasteiger partial charge in [0.1, 0.15) is 0 Å². The van der Waals surface area contributed by atoms with Crippen LogP contribution in [0.15, 0.2) is 17.4 Å². The molecule has 2 rings (SSSR count). The molecule has 0 saturated heterocycles. The quantitative estimate of drug-likeness (QED) is 0.386. The van der Waals surface area contributed by atoms with E-state index in [4.69, 9.17) is 0 Å². The van der Waals surface area contributed by atoms with Crippen molar-refractivity contribution in [2.45, 2.75) is 45.1 Å². The lowest BCUT2D eigenvalue weighted by molar-refractivity contribution is 0.749. The number of aromatic nitrogens is 4. The SMILES string of the molecule is CC(C)CSc1nnc(SSc2nnc(SCC(C)C)s2)s1. The van der Waals surface area contributed by atoms with Crippen LogP contribution in [0.1, 0.15) is 27.7 Å². The zero-order chi connectivity index (χ0) is 15.9. The zero-order valence-electron chi connectivity index (χ0n) is 12.8. The lowest BCUT2D eigenvalue weighted by Crippen LogP contribution is -1.89. The van der Waals surface area contributed by atoms with Gasteiger partial charge in [-0.25, -0.2) is 0 Å². The predicted octanol–water partition coefficient (Wildman–Crippen LogP) is 5.69. The van der Waals surface area contributed by atoms with E-state index in [1.807, 2.05) is 0 Å². The van der Waals surface area contributed by atoms with Crippen molar-refractivity contribution in [3.8, 4) is 0 Å². The van der Waals surface area contributed by atoms with E-state index < -0.39 is 0 Å². The topological polar surface area (TPSA) is 51.6 Å². The largest absolute Gasteiger partial charge is 0.186 e. The highest BCUT2D eigenvalue weighted by atomic mass is 33.1. The van der Waals surface area contributed by atoms with E-state index in [0.29, 0.717) is 11.8 Å². The Bertz CT molecular complexity index is 517. The van der Waals surface area contributed by atoms with Crippen LogP contribution < -0.4 is 0 Å². The summed E-state index contributed by atoms with van der Waals surface area (Å²) in [5, 5.41) is 16.9. The molecule has 22 heavy (non-hydrogen) atoms. The van der Waals surface area contributed by atoms with E-state index in [0.717, 1.165) is 28.9 Å². The van der Waals surface area contributed by atoms with Crippen molar-refractivity contribution in [3.63, 3.8) is 0 Å². The van der Waals surface area contributed by atoms with Crippen LogP contribution in [0.2, 0.25) is 0 Å². The molecule has 0 aliphatic rings. The summed E-state index contributed by atoms with van der Waals surface area (Å²) in [6, 6.07) is 0. The summed E-state index contributed by atoms with van der Waals surface area (Å²) in [6.45, 7) is 8.85. The van der Waals surface area contributed by atoms with Crippen LogP contribution in [0.5, 0.6) is 0 Å². The van der Waals surface area contributed by atoms with Gasteiger partial charge >= 0.3 is 0 Å². The molecule has 10 heteroatoms. The van der Waals surface area contributed by atoms with E-state index in [1.165, 1.54) is 0 Å². The molecule has 4 nitrogen and oxygen atoms in total. The van der Waals surface area contributed by atoms with Gasteiger partial charge < -0.3 is 0 Å². The molecular formula is C12H18N4S6. The summed E-state index contributed by atoms with van der Waals surface area (Å²) in [5.41, 5.74) is 0. The van der Waals surface area contributed by atoms with Gasteiger partial charge in [0.15, 0.2) is 17.4 Å². The van der Waals surface area contributed by atoms with E-state index in [1.54, 1.807) is 67.8 Å². The minimum Gasteiger partial charge on any atom is -0.131 e. The Morgan fingerprint density at radius 3 is 1.41 bits per heavy atom. The standard InChI is InChI=1S/C12H18N4S6/c1-7(2)5-17-9-13-15-11(19-9)21-22-12-16-14-10(20-12)18-6-8(3)4/h7-8H,5-6H2,1-4H3. The van der Waals surface area contributed by atoms with Crippen molar-refractivity contribution in [1.29, 1.82) is 0 Å². The van der Waals surface area contributed by atoms with E-state index >= 15 is 0 Å². The Morgan fingerprint density at radius 1 is 0.682 bits per heavy atom. The third kappa shape index (κ3) is 6.96. The molecule has 0 aliphatic heterocycles. The lowest BCUT2D eigenvalue weighted by atomic mass is 10.3. The molecule has 2 heterocycles. The fraction of sp³-hybridized carbons (Fsp3) is 0.667. The summed E-state index contributed by atoms with van der Waals surface area (Å²) >= 11 is 6.85. The van der Waals surface area contributed by atoms with Crippen LogP contribution >= 0.6 is 67.8 Å². The second-order valence-corrected chi connectivity index (χ2v) is 12.4. The number of nitrogens with zero attached hydrogens (tertiary/aromatic N) is 4. The van der Waals surface area contributed by atoms with E-state index in [2.05, 4.69) is 48.1 Å². The molecule has 0 fully saturated rings. The molecule has 0 bridgehead atoms. The number of hydrogen-bond acceptors (Lipinski definition) is 10. The maximum absolute atomic E-state index is 4.22. The fourth-order valence-electron chi connectivity index (χ4n) is 1.13. The normalized spacial score (nSPS) is 11.7. The van der Waals surface area contributed by atoms with Crippen molar-refractivity contribution >= 4 is 67.8 Å². The minimum absolute atomic E-state index is 0.669. The van der Waals surface area contributed by atoms with Crippen LogP contribution in [0, 0.1) is 11.8 Å². The molecule has 0 aromatic carbocycles. The molecule has 122 valence electrons. The fourth-order valence-corrected chi connectivity index (χ4v) is 7.46. The van der Waals surface area contributed by atoms with Gasteiger partial charge in [-0.15, -0.1) is 20.4 Å². The average molecular weight is 411 g/mol. The molecule has 0 unspecified atom stereocenters. The van der Waals surface area contributed by atoms with Crippen LogP contribution in [0.4, 0.5) is 0 Å². The molecule has 0 atom stereocenters. The monoisotopic (exact) mass is 410 g/mol. The molecule has 0 radical (unpaired) electrons. The Balaban J connectivity index is 1.78. The summed E-state index contributed by atoms with van der Waals surface area (Å²) in [7, 11) is 3.23. The summed E-state index contributed by atoms with van der Waals surface area (Å²) < 4.78 is 4.04. The third-order valence-corrected chi connectivity index (χ3v) is 9.96. The van der Waals surface area contributed by atoms with Gasteiger partial charge in [-0.1, -0.05) is 73.9 Å². The first-order chi connectivity index (χ1) is 10.5. The highest BCUT2D eigenvalue weighted by Gasteiger charge is 2.11. The first-order valence-electron chi connectivity index (χ1n) is 6.80. The maximum Gasteiger partial charge on any atom is 0.186 e. The molecule has 2 aromatic heterocycles. The second-order valence-electron chi connectivity index (χ2n) is 5.24. The molecule has 0 saturated carbocycles. The van der Waals surface area contributed by atoms with Gasteiger partial charge in [0.2, 0.25) is 0 Å². The van der Waals surface area contributed by atoms with Crippen LogP contribution in [0.25, 0.3) is 0 Å². The first-order valence-corrected chi connectivity index (χ1v) is 12.6. The van der Waals surface area contributed by atoms with Crippen molar-refractivity contribution in [3.05, 3.63) is 0 Å². The number of hydrogen-bond donors (Lipinski definition) is 0. The van der Waals surface area contributed by atoms with Gasteiger partial charge in [-0.2, -0.15) is 0 Å². The third-order valence-electron chi connectivity index (χ3n) is 2.04. The van der Waals surface area contributed by atoms with Crippen LogP contribution in [-0.4, -0.2) is 31.9 Å². The highest BCUT2D eigenvalue weighted by Crippen LogP contribution is 2.42. The molecule has 2 aromatic rings. The van der Waals surface area contributed by atoms with Crippen molar-refractivity contribution < 1.29 is 0 Å². The highest BCUT2D eigenvalue weighted by molar-refractivity contribution is 8.77.